The third-order valence-electron chi connectivity index (χ3n) is 3.40. The van der Waals surface area contributed by atoms with Gasteiger partial charge in [-0.2, -0.15) is 0 Å². The first kappa shape index (κ1) is 11.8. The molecule has 0 amide bonds. The van der Waals surface area contributed by atoms with Gasteiger partial charge in [0.1, 0.15) is 11.3 Å². The quantitative estimate of drug-likeness (QED) is 0.230. The summed E-state index contributed by atoms with van der Waals surface area (Å²) >= 11 is 0. The van der Waals surface area contributed by atoms with E-state index >= 15 is 0 Å². The molecule has 4 aromatic rings. The number of para-hydroxylation sites is 1. The van der Waals surface area contributed by atoms with Gasteiger partial charge in [0.25, 0.3) is 5.52 Å². The van der Waals surface area contributed by atoms with Crippen LogP contribution in [0.4, 0.5) is 0 Å². The van der Waals surface area contributed by atoms with Crippen LogP contribution in [0.5, 0.6) is 5.75 Å². The largest absolute Gasteiger partial charge is 0.594 e. The van der Waals surface area contributed by atoms with Crippen molar-refractivity contribution in [3.05, 3.63) is 47.7 Å². The van der Waals surface area contributed by atoms with Crippen molar-refractivity contribution in [2.24, 2.45) is 0 Å². The van der Waals surface area contributed by atoms with Crippen LogP contribution in [0.15, 0.2) is 42.5 Å². The summed E-state index contributed by atoms with van der Waals surface area (Å²) in [4.78, 5) is 9.60. The highest BCUT2D eigenvalue weighted by Crippen LogP contribution is 2.23. The van der Waals surface area contributed by atoms with Crippen molar-refractivity contribution in [2.75, 3.05) is 7.11 Å². The van der Waals surface area contributed by atoms with Crippen LogP contribution >= 0.6 is 0 Å². The number of rotatable bonds is 1. The van der Waals surface area contributed by atoms with Crippen LogP contribution in [0, 0.1) is 5.21 Å². The smallest absolute Gasteiger partial charge is 0.254 e. The SMILES string of the molecule is COc1ccc2nc3n[n+]([O-])c4ccccc4c3nc2c1. The topological polar surface area (TPSA) is 74.8 Å². The third-order valence-corrected chi connectivity index (χ3v) is 3.40. The number of methoxy groups -OCH3 is 1. The maximum atomic E-state index is 11.9. The second kappa shape index (κ2) is 4.24. The molecule has 4 rings (SSSR count). The Hall–Kier alpha value is -3.02. The molecule has 0 spiro atoms. The molecular weight excluding hydrogens is 268 g/mol. The number of hydrogen-bond donors (Lipinski definition) is 0. The molecule has 0 aliphatic carbocycles. The molecule has 0 N–H and O–H groups in total. The highest BCUT2D eigenvalue weighted by Gasteiger charge is 2.14. The van der Waals surface area contributed by atoms with E-state index in [9.17, 15) is 5.21 Å². The third kappa shape index (κ3) is 1.73. The van der Waals surface area contributed by atoms with Crippen molar-refractivity contribution in [1.82, 2.24) is 15.1 Å². The van der Waals surface area contributed by atoms with Gasteiger partial charge in [-0.25, -0.2) is 9.97 Å². The summed E-state index contributed by atoms with van der Waals surface area (Å²) < 4.78 is 5.20. The summed E-state index contributed by atoms with van der Waals surface area (Å²) in [5, 5.41) is 16.6. The van der Waals surface area contributed by atoms with Gasteiger partial charge < -0.3 is 9.94 Å². The molecule has 6 nitrogen and oxygen atoms in total. The Morgan fingerprint density at radius 1 is 1.05 bits per heavy atom. The van der Waals surface area contributed by atoms with Gasteiger partial charge in [-0.15, -0.1) is 0 Å². The van der Waals surface area contributed by atoms with Gasteiger partial charge in [0.15, 0.2) is 0 Å². The monoisotopic (exact) mass is 278 g/mol. The lowest BCUT2D eigenvalue weighted by Gasteiger charge is -2.05. The summed E-state index contributed by atoms with van der Waals surface area (Å²) in [5.74, 6) is 0.711. The molecule has 0 unspecified atom stereocenters. The number of benzene rings is 2. The second-order valence-electron chi connectivity index (χ2n) is 4.64. The number of aromatic nitrogens is 4. The van der Waals surface area contributed by atoms with Crippen molar-refractivity contribution < 1.29 is 9.58 Å². The van der Waals surface area contributed by atoms with E-state index < -0.39 is 0 Å². The molecule has 0 saturated heterocycles. The fourth-order valence-electron chi connectivity index (χ4n) is 2.38. The summed E-state index contributed by atoms with van der Waals surface area (Å²) in [5.41, 5.74) is 2.80. The molecule has 0 atom stereocenters. The number of ether oxygens (including phenoxy) is 1. The number of hydrogen-bond acceptors (Lipinski definition) is 5. The fourth-order valence-corrected chi connectivity index (χ4v) is 2.38. The van der Waals surface area contributed by atoms with E-state index in [0.717, 1.165) is 5.39 Å². The average Bonchev–Trinajstić information content (AvgIpc) is 2.53. The molecular formula is C15H10N4O2. The van der Waals surface area contributed by atoms with Crippen LogP contribution in [0.1, 0.15) is 0 Å². The van der Waals surface area contributed by atoms with Crippen molar-refractivity contribution in [1.29, 1.82) is 0 Å². The van der Waals surface area contributed by atoms with Crippen LogP contribution in [0.3, 0.4) is 0 Å². The predicted molar refractivity (Wildman–Crippen MR) is 77.9 cm³/mol. The zero-order chi connectivity index (χ0) is 14.4. The Kier molecular flexibility index (Phi) is 2.38. The van der Waals surface area contributed by atoms with Gasteiger partial charge in [0.05, 0.1) is 23.5 Å². The van der Waals surface area contributed by atoms with E-state index in [-0.39, 0.29) is 0 Å². The summed E-state index contributed by atoms with van der Waals surface area (Å²) in [6, 6.07) is 12.6. The van der Waals surface area contributed by atoms with Gasteiger partial charge in [-0.05, 0) is 23.0 Å². The van der Waals surface area contributed by atoms with Gasteiger partial charge in [-0.3, -0.25) is 0 Å². The molecule has 2 aromatic heterocycles. The maximum Gasteiger partial charge on any atom is 0.254 e. The maximum absolute atomic E-state index is 11.9. The van der Waals surface area contributed by atoms with Crippen LogP contribution in [-0.2, 0) is 0 Å². The van der Waals surface area contributed by atoms with Crippen molar-refractivity contribution in [2.45, 2.75) is 0 Å². The van der Waals surface area contributed by atoms with Gasteiger partial charge in [0, 0.05) is 17.2 Å². The minimum Gasteiger partial charge on any atom is -0.594 e. The molecule has 102 valence electrons. The zero-order valence-electron chi connectivity index (χ0n) is 11.1. The lowest BCUT2D eigenvalue weighted by atomic mass is 10.2. The first-order valence-corrected chi connectivity index (χ1v) is 6.40. The Morgan fingerprint density at radius 3 is 2.76 bits per heavy atom. The highest BCUT2D eigenvalue weighted by atomic mass is 16.5. The molecule has 0 saturated carbocycles. The average molecular weight is 278 g/mol. The fraction of sp³-hybridized carbons (Fsp3) is 0.0667. The molecule has 0 bridgehead atoms. The Bertz CT molecular complexity index is 1000. The zero-order valence-corrected chi connectivity index (χ0v) is 11.1. The molecule has 0 aliphatic rings. The minimum absolute atomic E-state index is 0.335. The van der Waals surface area contributed by atoms with E-state index in [0.29, 0.717) is 38.3 Å². The van der Waals surface area contributed by atoms with E-state index in [1.807, 2.05) is 18.2 Å². The summed E-state index contributed by atoms with van der Waals surface area (Å²) in [6.07, 6.45) is 0. The lowest BCUT2D eigenvalue weighted by Crippen LogP contribution is -2.32. The predicted octanol–water partition coefficient (Wildman–Crippen LogP) is 1.97. The van der Waals surface area contributed by atoms with Crippen LogP contribution in [0.2, 0.25) is 0 Å². The lowest BCUT2D eigenvalue weighted by molar-refractivity contribution is -0.640. The van der Waals surface area contributed by atoms with E-state index in [1.54, 1.807) is 31.4 Å². The molecule has 2 aromatic carbocycles. The van der Waals surface area contributed by atoms with Gasteiger partial charge in [0.2, 0.25) is 5.65 Å². The second-order valence-corrected chi connectivity index (χ2v) is 4.64. The van der Waals surface area contributed by atoms with Gasteiger partial charge >= 0.3 is 0 Å². The van der Waals surface area contributed by atoms with E-state index in [4.69, 9.17) is 4.74 Å². The molecule has 0 fully saturated rings. The Morgan fingerprint density at radius 2 is 1.90 bits per heavy atom. The Balaban J connectivity index is 2.18. The molecule has 0 radical (unpaired) electrons. The molecule has 0 aliphatic heterocycles. The molecule has 21 heavy (non-hydrogen) atoms. The van der Waals surface area contributed by atoms with Gasteiger partial charge in [-0.1, -0.05) is 12.1 Å². The van der Waals surface area contributed by atoms with E-state index in [1.165, 1.54) is 0 Å². The van der Waals surface area contributed by atoms with Crippen molar-refractivity contribution in [3.8, 4) is 5.75 Å². The highest BCUT2D eigenvalue weighted by molar-refractivity contribution is 6.00. The number of nitrogens with zero attached hydrogens (tertiary/aromatic N) is 4. The number of fused-ring (bicyclic) bond motifs is 4. The Labute approximate surface area is 119 Å². The van der Waals surface area contributed by atoms with Crippen LogP contribution < -0.4 is 9.58 Å². The molecule has 2 heterocycles. The van der Waals surface area contributed by atoms with Crippen molar-refractivity contribution >= 4 is 33.1 Å². The first-order chi connectivity index (χ1) is 10.3. The summed E-state index contributed by atoms with van der Waals surface area (Å²) in [7, 11) is 1.60. The van der Waals surface area contributed by atoms with Crippen molar-refractivity contribution in [3.63, 3.8) is 0 Å². The minimum atomic E-state index is 0.335. The summed E-state index contributed by atoms with van der Waals surface area (Å²) in [6.45, 7) is 0. The first-order valence-electron chi connectivity index (χ1n) is 6.40. The van der Waals surface area contributed by atoms with Crippen LogP contribution in [-0.4, -0.2) is 22.2 Å². The normalized spacial score (nSPS) is 11.3. The standard InChI is InChI=1S/C15H10N4O2/c1-21-9-6-7-11-12(8-9)16-14-10-4-2-3-5-13(10)19(20)18-15(14)17-11/h2-8H,1H3. The van der Waals surface area contributed by atoms with Crippen LogP contribution in [0.25, 0.3) is 33.1 Å². The van der Waals surface area contributed by atoms with E-state index in [2.05, 4.69) is 15.1 Å². The molecule has 6 heteroatoms.